The van der Waals surface area contributed by atoms with Gasteiger partial charge >= 0.3 is 0 Å². The monoisotopic (exact) mass is 227 g/mol. The molecule has 0 radical (unpaired) electrons. The molecule has 2 rings (SSSR count). The molecule has 0 unspecified atom stereocenters. The summed E-state index contributed by atoms with van der Waals surface area (Å²) in [6.07, 6.45) is 2.93. The number of aromatic nitrogens is 1. The molecule has 0 bridgehead atoms. The molecular weight excluding hydrogens is 212 g/mol. The Balaban J connectivity index is 1.98. The molecule has 0 saturated carbocycles. The van der Waals surface area contributed by atoms with Crippen molar-refractivity contribution in [3.8, 4) is 0 Å². The van der Waals surface area contributed by atoms with Gasteiger partial charge in [0.25, 0.3) is 0 Å². The van der Waals surface area contributed by atoms with E-state index >= 15 is 0 Å². The Kier molecular flexibility index (Phi) is 3.33. The van der Waals surface area contributed by atoms with Crippen molar-refractivity contribution in [2.75, 3.05) is 25.5 Å². The molecule has 1 aliphatic rings. The highest BCUT2D eigenvalue weighted by atomic mass is 19.1. The van der Waals surface area contributed by atoms with Crippen molar-refractivity contribution in [3.05, 3.63) is 23.9 Å². The zero-order chi connectivity index (χ0) is 11.5. The van der Waals surface area contributed by atoms with Gasteiger partial charge in [0.2, 0.25) is 0 Å². The fourth-order valence-corrected chi connectivity index (χ4v) is 1.87. The lowest BCUT2D eigenvalue weighted by Crippen LogP contribution is -2.37. The Morgan fingerprint density at radius 2 is 2.06 bits per heavy atom. The number of nitrogens with one attached hydrogen (secondary N) is 1. The van der Waals surface area contributed by atoms with E-state index < -0.39 is 11.6 Å². The molecule has 1 fully saturated rings. The molecule has 1 aromatic rings. The second kappa shape index (κ2) is 4.74. The summed E-state index contributed by atoms with van der Waals surface area (Å²) in [5.74, 6) is -1.12. The van der Waals surface area contributed by atoms with Crippen molar-refractivity contribution in [1.82, 2.24) is 9.88 Å². The summed E-state index contributed by atoms with van der Waals surface area (Å²) in [5, 5.41) is 3.02. The van der Waals surface area contributed by atoms with E-state index in [1.807, 2.05) is 0 Å². The molecule has 1 saturated heterocycles. The van der Waals surface area contributed by atoms with Gasteiger partial charge in [-0.2, -0.15) is 0 Å². The molecule has 1 aromatic heterocycles. The average molecular weight is 227 g/mol. The molecule has 16 heavy (non-hydrogen) atoms. The van der Waals surface area contributed by atoms with Crippen LogP contribution in [0.5, 0.6) is 0 Å². The Morgan fingerprint density at radius 1 is 1.38 bits per heavy atom. The molecule has 5 heteroatoms. The second-order valence-corrected chi connectivity index (χ2v) is 4.21. The van der Waals surface area contributed by atoms with E-state index in [1.165, 1.54) is 0 Å². The van der Waals surface area contributed by atoms with Gasteiger partial charge in [-0.25, -0.2) is 13.8 Å². The van der Waals surface area contributed by atoms with Crippen molar-refractivity contribution >= 4 is 5.82 Å². The van der Waals surface area contributed by atoms with Gasteiger partial charge in [-0.15, -0.1) is 0 Å². The lowest BCUT2D eigenvalue weighted by atomic mass is 10.1. The van der Waals surface area contributed by atoms with Crippen LogP contribution < -0.4 is 5.32 Å². The maximum atomic E-state index is 13.3. The van der Waals surface area contributed by atoms with Crippen molar-refractivity contribution in [3.63, 3.8) is 0 Å². The summed E-state index contributed by atoms with van der Waals surface area (Å²) >= 11 is 0. The standard InChI is InChI=1S/C11H15F2N3/c1-16-4-2-9(3-5-16)15-11-10(13)6-8(12)7-14-11/h6-7,9H,2-5H2,1H3,(H,14,15). The van der Waals surface area contributed by atoms with Crippen LogP contribution in [0, 0.1) is 11.6 Å². The van der Waals surface area contributed by atoms with E-state index in [2.05, 4.69) is 22.2 Å². The van der Waals surface area contributed by atoms with Crippen LogP contribution in [0.3, 0.4) is 0 Å². The smallest absolute Gasteiger partial charge is 0.168 e. The summed E-state index contributed by atoms with van der Waals surface area (Å²) in [6.45, 7) is 1.97. The third-order valence-corrected chi connectivity index (χ3v) is 2.87. The molecule has 0 atom stereocenters. The molecule has 0 aromatic carbocycles. The first-order valence-electron chi connectivity index (χ1n) is 5.41. The number of anilines is 1. The highest BCUT2D eigenvalue weighted by Gasteiger charge is 2.18. The SMILES string of the molecule is CN1CCC(Nc2ncc(F)cc2F)CC1. The number of hydrogen-bond acceptors (Lipinski definition) is 3. The van der Waals surface area contributed by atoms with Crippen LogP contribution in [-0.2, 0) is 0 Å². The molecule has 1 N–H and O–H groups in total. The van der Waals surface area contributed by atoms with E-state index in [-0.39, 0.29) is 11.9 Å². The molecule has 0 aliphatic carbocycles. The average Bonchev–Trinajstić information content (AvgIpc) is 2.25. The number of pyridine rings is 1. The quantitative estimate of drug-likeness (QED) is 0.836. The van der Waals surface area contributed by atoms with Crippen molar-refractivity contribution in [2.45, 2.75) is 18.9 Å². The van der Waals surface area contributed by atoms with Gasteiger partial charge in [0.1, 0.15) is 5.82 Å². The molecule has 0 amide bonds. The van der Waals surface area contributed by atoms with E-state index in [4.69, 9.17) is 0 Å². The topological polar surface area (TPSA) is 28.2 Å². The first-order valence-corrected chi connectivity index (χ1v) is 5.41. The lowest BCUT2D eigenvalue weighted by Gasteiger charge is -2.29. The summed E-state index contributed by atoms with van der Waals surface area (Å²) in [5.41, 5.74) is 0. The lowest BCUT2D eigenvalue weighted by molar-refractivity contribution is 0.263. The molecule has 1 aliphatic heterocycles. The van der Waals surface area contributed by atoms with E-state index in [1.54, 1.807) is 0 Å². The van der Waals surface area contributed by atoms with Crippen molar-refractivity contribution in [2.24, 2.45) is 0 Å². The fraction of sp³-hybridized carbons (Fsp3) is 0.545. The van der Waals surface area contributed by atoms with Crippen molar-refractivity contribution in [1.29, 1.82) is 0 Å². The van der Waals surface area contributed by atoms with Gasteiger partial charge in [-0.05, 0) is 33.0 Å². The van der Waals surface area contributed by atoms with Crippen LogP contribution in [0.4, 0.5) is 14.6 Å². The number of piperidine rings is 1. The minimum absolute atomic E-state index is 0.149. The zero-order valence-corrected chi connectivity index (χ0v) is 9.21. The second-order valence-electron chi connectivity index (χ2n) is 4.21. The van der Waals surface area contributed by atoms with Gasteiger partial charge in [0.15, 0.2) is 11.6 Å². The van der Waals surface area contributed by atoms with E-state index in [0.29, 0.717) is 0 Å². The van der Waals surface area contributed by atoms with Crippen LogP contribution in [-0.4, -0.2) is 36.1 Å². The molecular formula is C11H15F2N3. The van der Waals surface area contributed by atoms with Gasteiger partial charge in [-0.1, -0.05) is 0 Å². The maximum Gasteiger partial charge on any atom is 0.168 e. The summed E-state index contributed by atoms with van der Waals surface area (Å²) in [6, 6.07) is 1.08. The predicted molar refractivity (Wildman–Crippen MR) is 58.3 cm³/mol. The Hall–Kier alpha value is -1.23. The minimum atomic E-state index is -0.647. The first kappa shape index (κ1) is 11.3. The number of rotatable bonds is 2. The molecule has 0 spiro atoms. The largest absolute Gasteiger partial charge is 0.365 e. The van der Waals surface area contributed by atoms with Gasteiger partial charge in [0, 0.05) is 12.1 Å². The summed E-state index contributed by atoms with van der Waals surface area (Å²) < 4.78 is 25.9. The van der Waals surface area contributed by atoms with E-state index in [0.717, 1.165) is 38.2 Å². The minimum Gasteiger partial charge on any atom is -0.365 e. The van der Waals surface area contributed by atoms with Crippen LogP contribution >= 0.6 is 0 Å². The molecule has 3 nitrogen and oxygen atoms in total. The van der Waals surface area contributed by atoms with Crippen LogP contribution in [0.25, 0.3) is 0 Å². The highest BCUT2D eigenvalue weighted by Crippen LogP contribution is 2.17. The summed E-state index contributed by atoms with van der Waals surface area (Å²) in [7, 11) is 2.06. The van der Waals surface area contributed by atoms with Crippen molar-refractivity contribution < 1.29 is 8.78 Å². The number of halogens is 2. The zero-order valence-electron chi connectivity index (χ0n) is 9.21. The maximum absolute atomic E-state index is 13.3. The fourth-order valence-electron chi connectivity index (χ4n) is 1.87. The Morgan fingerprint density at radius 3 is 2.69 bits per heavy atom. The third kappa shape index (κ3) is 2.66. The molecule has 2 heterocycles. The number of hydrogen-bond donors (Lipinski definition) is 1. The summed E-state index contributed by atoms with van der Waals surface area (Å²) in [4.78, 5) is 5.95. The number of nitrogens with zero attached hydrogens (tertiary/aromatic N) is 2. The Labute approximate surface area is 93.5 Å². The van der Waals surface area contributed by atoms with Gasteiger partial charge < -0.3 is 10.2 Å². The predicted octanol–water partition coefficient (Wildman–Crippen LogP) is 1.87. The number of likely N-dealkylation sites (tertiary alicyclic amines) is 1. The normalized spacial score (nSPS) is 18.7. The first-order chi connectivity index (χ1) is 7.65. The highest BCUT2D eigenvalue weighted by molar-refractivity contribution is 5.37. The van der Waals surface area contributed by atoms with Crippen LogP contribution in [0.1, 0.15) is 12.8 Å². The van der Waals surface area contributed by atoms with Crippen LogP contribution in [0.15, 0.2) is 12.3 Å². The molecule has 88 valence electrons. The van der Waals surface area contributed by atoms with Crippen LogP contribution in [0.2, 0.25) is 0 Å². The van der Waals surface area contributed by atoms with Gasteiger partial charge in [-0.3, -0.25) is 0 Å². The van der Waals surface area contributed by atoms with Gasteiger partial charge in [0.05, 0.1) is 6.20 Å². The Bertz CT molecular complexity index is 362. The van der Waals surface area contributed by atoms with E-state index in [9.17, 15) is 8.78 Å². The third-order valence-electron chi connectivity index (χ3n) is 2.87.